The van der Waals surface area contributed by atoms with E-state index in [0.717, 1.165) is 47.3 Å². The zero-order valence-electron chi connectivity index (χ0n) is 17.7. The first-order chi connectivity index (χ1) is 14.4. The Morgan fingerprint density at radius 1 is 1.17 bits per heavy atom. The number of H-pyrrole nitrogens is 1. The maximum absolute atomic E-state index is 13.2. The number of aromatic nitrogens is 2. The molecule has 0 spiro atoms. The standard InChI is InChI=1S/C25H27N3O2/c1-25(2,3)18-11-10-16-13-21(26-20(16)14-18)24(29)28-12-6-7-17(15-28)23-27-19-8-4-5-9-22(19)30-23/h4-5,8-11,13-14,17,26H,6-7,12,15H2,1-3H3. The van der Waals surface area contributed by atoms with E-state index in [0.29, 0.717) is 12.2 Å². The first-order valence-corrected chi connectivity index (χ1v) is 10.7. The van der Waals surface area contributed by atoms with Crippen molar-refractivity contribution in [2.24, 2.45) is 0 Å². The fraction of sp³-hybridized carbons (Fsp3) is 0.360. The van der Waals surface area contributed by atoms with Crippen LogP contribution in [0.3, 0.4) is 0 Å². The molecule has 1 aliphatic heterocycles. The van der Waals surface area contributed by atoms with E-state index in [1.807, 2.05) is 35.2 Å². The number of carbonyl (C=O) groups is 1. The van der Waals surface area contributed by atoms with Gasteiger partial charge in [0.25, 0.3) is 5.91 Å². The highest BCUT2D eigenvalue weighted by Crippen LogP contribution is 2.31. The van der Waals surface area contributed by atoms with E-state index in [9.17, 15) is 4.79 Å². The lowest BCUT2D eigenvalue weighted by Crippen LogP contribution is -2.39. The van der Waals surface area contributed by atoms with Crippen LogP contribution >= 0.6 is 0 Å². The molecule has 2 aromatic heterocycles. The van der Waals surface area contributed by atoms with Gasteiger partial charge >= 0.3 is 0 Å². The van der Waals surface area contributed by atoms with Gasteiger partial charge in [0.15, 0.2) is 11.5 Å². The summed E-state index contributed by atoms with van der Waals surface area (Å²) >= 11 is 0. The van der Waals surface area contributed by atoms with E-state index in [1.54, 1.807) is 0 Å². The topological polar surface area (TPSA) is 62.1 Å². The van der Waals surface area contributed by atoms with Crippen molar-refractivity contribution < 1.29 is 9.21 Å². The summed E-state index contributed by atoms with van der Waals surface area (Å²) in [5, 5.41) is 1.07. The molecule has 2 aromatic carbocycles. The third-order valence-electron chi connectivity index (χ3n) is 6.09. The lowest BCUT2D eigenvalue weighted by molar-refractivity contribution is 0.0694. The molecule has 1 unspecified atom stereocenters. The van der Waals surface area contributed by atoms with Gasteiger partial charge in [0.2, 0.25) is 0 Å². The molecule has 3 heterocycles. The largest absolute Gasteiger partial charge is 0.440 e. The van der Waals surface area contributed by atoms with Gasteiger partial charge in [-0.25, -0.2) is 4.98 Å². The predicted octanol–water partition coefficient (Wildman–Crippen LogP) is 5.63. The number of rotatable bonds is 2. The van der Waals surface area contributed by atoms with E-state index < -0.39 is 0 Å². The van der Waals surface area contributed by atoms with Gasteiger partial charge in [-0.05, 0) is 48.1 Å². The zero-order chi connectivity index (χ0) is 20.9. The van der Waals surface area contributed by atoms with Crippen molar-refractivity contribution in [1.82, 2.24) is 14.9 Å². The van der Waals surface area contributed by atoms with Gasteiger partial charge in [-0.3, -0.25) is 4.79 Å². The number of fused-ring (bicyclic) bond motifs is 2. The molecule has 1 saturated heterocycles. The number of hydrogen-bond acceptors (Lipinski definition) is 3. The van der Waals surface area contributed by atoms with Crippen molar-refractivity contribution in [2.45, 2.75) is 44.9 Å². The Kier molecular flexibility index (Phi) is 4.42. The van der Waals surface area contributed by atoms with Crippen LogP contribution in [0.5, 0.6) is 0 Å². The third kappa shape index (κ3) is 3.38. The molecule has 5 heteroatoms. The molecule has 1 fully saturated rings. The number of amides is 1. The highest BCUT2D eigenvalue weighted by molar-refractivity contribution is 5.98. The second-order valence-electron chi connectivity index (χ2n) is 9.35. The van der Waals surface area contributed by atoms with Gasteiger partial charge in [-0.15, -0.1) is 0 Å². The number of nitrogens with zero attached hydrogens (tertiary/aromatic N) is 2. The minimum Gasteiger partial charge on any atom is -0.440 e. The highest BCUT2D eigenvalue weighted by Gasteiger charge is 2.29. The minimum atomic E-state index is 0.0457. The van der Waals surface area contributed by atoms with E-state index in [1.165, 1.54) is 5.56 Å². The third-order valence-corrected chi connectivity index (χ3v) is 6.09. The van der Waals surface area contributed by atoms with Crippen LogP contribution in [-0.4, -0.2) is 33.9 Å². The van der Waals surface area contributed by atoms with Crippen molar-refractivity contribution in [3.05, 3.63) is 65.7 Å². The molecular weight excluding hydrogens is 374 g/mol. The van der Waals surface area contributed by atoms with Gasteiger partial charge in [0.05, 0.1) is 5.92 Å². The molecule has 1 N–H and O–H groups in total. The van der Waals surface area contributed by atoms with Gasteiger partial charge in [-0.2, -0.15) is 0 Å². The van der Waals surface area contributed by atoms with Crippen LogP contribution in [0.25, 0.3) is 22.0 Å². The Bertz CT molecular complexity index is 1200. The summed E-state index contributed by atoms with van der Waals surface area (Å²) < 4.78 is 5.98. The van der Waals surface area contributed by atoms with Crippen molar-refractivity contribution in [3.63, 3.8) is 0 Å². The molecular formula is C25H27N3O2. The molecule has 154 valence electrons. The first kappa shape index (κ1) is 18.9. The molecule has 0 aliphatic carbocycles. The summed E-state index contributed by atoms with van der Waals surface area (Å²) in [6.45, 7) is 7.99. The fourth-order valence-electron chi connectivity index (χ4n) is 4.31. The molecule has 0 radical (unpaired) electrons. The van der Waals surface area contributed by atoms with Crippen molar-refractivity contribution in [1.29, 1.82) is 0 Å². The van der Waals surface area contributed by atoms with E-state index in [2.05, 4.69) is 48.9 Å². The smallest absolute Gasteiger partial charge is 0.270 e. The van der Waals surface area contributed by atoms with Gasteiger partial charge in [-0.1, -0.05) is 45.0 Å². The molecule has 5 nitrogen and oxygen atoms in total. The number of aromatic amines is 1. The number of oxazole rings is 1. The summed E-state index contributed by atoms with van der Waals surface area (Å²) in [4.78, 5) is 23.2. The maximum Gasteiger partial charge on any atom is 0.270 e. The van der Waals surface area contributed by atoms with Gasteiger partial charge in [0.1, 0.15) is 11.2 Å². The van der Waals surface area contributed by atoms with Crippen LogP contribution in [0.2, 0.25) is 0 Å². The number of likely N-dealkylation sites (tertiary alicyclic amines) is 1. The Morgan fingerprint density at radius 3 is 2.80 bits per heavy atom. The zero-order valence-corrected chi connectivity index (χ0v) is 17.7. The molecule has 30 heavy (non-hydrogen) atoms. The fourth-order valence-corrected chi connectivity index (χ4v) is 4.31. The number of benzene rings is 2. The molecule has 1 atom stereocenters. The van der Waals surface area contributed by atoms with Crippen LogP contribution < -0.4 is 0 Å². The van der Waals surface area contributed by atoms with Crippen molar-refractivity contribution in [3.8, 4) is 0 Å². The van der Waals surface area contributed by atoms with Crippen molar-refractivity contribution >= 4 is 27.9 Å². The number of para-hydroxylation sites is 2. The Morgan fingerprint density at radius 2 is 2.00 bits per heavy atom. The second kappa shape index (κ2) is 7.01. The van der Waals surface area contributed by atoms with E-state index in [-0.39, 0.29) is 17.2 Å². The van der Waals surface area contributed by atoms with Crippen LogP contribution in [0.4, 0.5) is 0 Å². The average molecular weight is 402 g/mol. The molecule has 5 rings (SSSR count). The summed E-state index contributed by atoms with van der Waals surface area (Å²) in [7, 11) is 0. The number of carbonyl (C=O) groups excluding carboxylic acids is 1. The summed E-state index contributed by atoms with van der Waals surface area (Å²) in [6, 6.07) is 16.2. The minimum absolute atomic E-state index is 0.0457. The predicted molar refractivity (Wildman–Crippen MR) is 119 cm³/mol. The maximum atomic E-state index is 13.2. The number of piperidine rings is 1. The first-order valence-electron chi connectivity index (χ1n) is 10.7. The van der Waals surface area contributed by atoms with Crippen molar-refractivity contribution in [2.75, 3.05) is 13.1 Å². The Labute approximate surface area is 176 Å². The Hall–Kier alpha value is -3.08. The van der Waals surface area contributed by atoms with Crippen LogP contribution in [-0.2, 0) is 5.41 Å². The van der Waals surface area contributed by atoms with Gasteiger partial charge in [0, 0.05) is 24.0 Å². The van der Waals surface area contributed by atoms with Gasteiger partial charge < -0.3 is 14.3 Å². The lowest BCUT2D eigenvalue weighted by atomic mass is 9.87. The van der Waals surface area contributed by atoms with Crippen LogP contribution in [0.15, 0.2) is 52.9 Å². The molecule has 0 bridgehead atoms. The normalized spacial score (nSPS) is 17.7. The summed E-state index contributed by atoms with van der Waals surface area (Å²) in [5.41, 5.74) is 4.67. The molecule has 4 aromatic rings. The highest BCUT2D eigenvalue weighted by atomic mass is 16.3. The Balaban J connectivity index is 1.39. The second-order valence-corrected chi connectivity index (χ2v) is 9.35. The van der Waals surface area contributed by atoms with Crippen LogP contribution in [0.1, 0.15) is 61.5 Å². The van der Waals surface area contributed by atoms with E-state index in [4.69, 9.17) is 4.42 Å². The summed E-state index contributed by atoms with van der Waals surface area (Å²) in [5.74, 6) is 0.913. The number of nitrogens with one attached hydrogen (secondary N) is 1. The molecule has 1 aliphatic rings. The number of hydrogen-bond donors (Lipinski definition) is 1. The monoisotopic (exact) mass is 401 g/mol. The lowest BCUT2D eigenvalue weighted by Gasteiger charge is -2.31. The van der Waals surface area contributed by atoms with Crippen LogP contribution in [0, 0.1) is 0 Å². The SMILES string of the molecule is CC(C)(C)c1ccc2cc(C(=O)N3CCCC(c4nc5ccccc5o4)C3)[nH]c2c1. The quantitative estimate of drug-likeness (QED) is 0.474. The summed E-state index contributed by atoms with van der Waals surface area (Å²) in [6.07, 6.45) is 1.93. The average Bonchev–Trinajstić information content (AvgIpc) is 3.36. The molecule has 1 amide bonds. The van der Waals surface area contributed by atoms with E-state index >= 15 is 0 Å². The molecule has 0 saturated carbocycles.